The topological polar surface area (TPSA) is 709 Å². The highest BCUT2D eigenvalue weighted by Gasteiger charge is 2.42. The average molecular weight is 2070 g/mol. The van der Waals surface area contributed by atoms with Crippen molar-refractivity contribution in [1.29, 1.82) is 0 Å². The molecule has 0 radical (unpaired) electrons. The molecule has 1 saturated heterocycles. The number of nitrogens with zero attached hydrogens (tertiary/aromatic N) is 1. The monoisotopic (exact) mass is 2070 g/mol. The minimum atomic E-state index is -2.18. The Kier molecular flexibility index (Phi) is 45.6. The molecular weight excluding hydrogens is 1940 g/mol. The molecule has 148 heavy (non-hydrogen) atoms. The number of aromatic carboxylic acids is 3. The van der Waals surface area contributed by atoms with Crippen LogP contribution < -0.4 is 91.6 Å². The van der Waals surface area contributed by atoms with Crippen LogP contribution in [0.2, 0.25) is 0 Å². The number of carboxylic acids is 5. The molecule has 0 spiro atoms. The molecule has 1 heterocycles. The molecule has 1 aliphatic heterocycles. The summed E-state index contributed by atoms with van der Waals surface area (Å²) in [6, 6.07) is 11.4. The zero-order valence-corrected chi connectivity index (χ0v) is 84.2. The lowest BCUT2D eigenvalue weighted by Gasteiger charge is -2.32. The summed E-state index contributed by atoms with van der Waals surface area (Å²) in [6.07, 6.45) is -1.93. The number of likely N-dealkylation sites (N-methyl/N-ethyl adjacent to an activating group) is 1. The Morgan fingerprint density at radius 1 is 0.419 bits per heavy atom. The highest BCUT2D eigenvalue weighted by molar-refractivity contribution is 8.00. The predicted molar refractivity (Wildman–Crippen MR) is 541 cm³/mol. The first-order valence-electron chi connectivity index (χ1n) is 48.6. The Morgan fingerprint density at radius 3 is 1.27 bits per heavy atom. The van der Waals surface area contributed by atoms with Crippen LogP contribution in [0.5, 0.6) is 0 Å². The molecule has 44 nitrogen and oxygen atoms in total. The molecule has 25 N–H and O–H groups in total. The van der Waals surface area contributed by atoms with Gasteiger partial charge in [-0.2, -0.15) is 0 Å². The number of rotatable bonds is 30. The summed E-state index contributed by atoms with van der Waals surface area (Å²) in [5.74, 6) is -27.9. The van der Waals surface area contributed by atoms with Gasteiger partial charge < -0.3 is 122 Å². The van der Waals surface area contributed by atoms with Gasteiger partial charge in [-0.05, 0) is 153 Å². The van der Waals surface area contributed by atoms with Crippen LogP contribution in [-0.2, 0) is 118 Å². The number of aryl methyl sites for hydroxylation is 1. The molecule has 1 aliphatic carbocycles. The fraction of sp³-hybridized carbons (Fsp3) is 0.447. The van der Waals surface area contributed by atoms with E-state index < -0.39 is 277 Å². The highest BCUT2D eigenvalue weighted by Crippen LogP contribution is 2.29. The first-order chi connectivity index (χ1) is 70.2. The van der Waals surface area contributed by atoms with Crippen LogP contribution in [0.1, 0.15) is 177 Å². The van der Waals surface area contributed by atoms with E-state index in [1.165, 1.54) is 88.5 Å². The highest BCUT2D eigenvalue weighted by atomic mass is 32.2. The van der Waals surface area contributed by atoms with Crippen molar-refractivity contribution < 1.29 is 126 Å². The second-order valence-electron chi connectivity index (χ2n) is 37.6. The van der Waals surface area contributed by atoms with Crippen LogP contribution in [-0.4, -0.2) is 277 Å². The number of nitrogens with two attached hydrogens (primary N) is 3. The smallest absolute Gasteiger partial charge is 0.335 e. The van der Waals surface area contributed by atoms with E-state index in [4.69, 9.17) is 17.2 Å². The molecular formula is C103H132N18O26S. The van der Waals surface area contributed by atoms with Crippen LogP contribution in [0.15, 0.2) is 152 Å². The fourth-order valence-electron chi connectivity index (χ4n) is 16.7. The van der Waals surface area contributed by atoms with E-state index in [2.05, 4.69) is 74.4 Å². The van der Waals surface area contributed by atoms with Crippen LogP contribution in [0, 0.1) is 24.7 Å². The van der Waals surface area contributed by atoms with Gasteiger partial charge in [0.2, 0.25) is 94.5 Å². The zero-order chi connectivity index (χ0) is 109. The molecule has 6 aromatic carbocycles. The van der Waals surface area contributed by atoms with Crippen molar-refractivity contribution in [3.05, 3.63) is 202 Å². The number of benzene rings is 6. The van der Waals surface area contributed by atoms with Crippen molar-refractivity contribution in [3.63, 3.8) is 0 Å². The molecule has 45 heteroatoms. The SMILES string of the molecule is Cc1cccc(C[C@@H]2NC(=O)[C@H](CC(=O)O)NC(=O)[C@H](Cc3ccc(C(=O)O)cc3)NC(=O)C(C)NC(=O)CSCC(C(=O)NC(CCN)C(N)=O)NC(=O)[C@H](CC(=O)O)NC(=O)C(C(C)C)NC(=O)[C@H](CC3CCCCC3)NC(=O)C(CCN)NC(=O)[C@@H](CC(C)C)NC(=O)C(C)N(C)C(=O)[C@H](Cc3ccc(C(=O)O)cc3)NC(=O)[C@H](Cc3ccc(-c4ccccc4)cc3)NC(=O)[C@H](Cc3ccc(C(=O)O)cc3)NC2=O)c1. The number of thioether (sulfide) groups is 1. The Hall–Kier alpha value is -15.5. The normalized spacial score (nSPS) is 22.9. The van der Waals surface area contributed by atoms with Gasteiger partial charge in [0.15, 0.2) is 0 Å². The predicted octanol–water partition coefficient (Wildman–Crippen LogP) is 0.476. The summed E-state index contributed by atoms with van der Waals surface area (Å²) in [6.45, 7) is 10.1. The number of primary amides is 1. The summed E-state index contributed by atoms with van der Waals surface area (Å²) in [4.78, 5) is 301. The second-order valence-corrected chi connectivity index (χ2v) is 38.6. The summed E-state index contributed by atoms with van der Waals surface area (Å²) in [5, 5.41) is 86.3. The molecule has 0 aromatic heterocycles. The number of carbonyl (C=O) groups excluding carboxylic acids is 16. The van der Waals surface area contributed by atoms with Crippen LogP contribution in [0.3, 0.4) is 0 Å². The van der Waals surface area contributed by atoms with Crippen molar-refractivity contribution in [2.45, 2.75) is 242 Å². The molecule has 2 fully saturated rings. The molecule has 6 unspecified atom stereocenters. The maximum Gasteiger partial charge on any atom is 0.335 e. The third-order valence-corrected chi connectivity index (χ3v) is 26.1. The third kappa shape index (κ3) is 37.2. The average Bonchev–Trinajstić information content (AvgIpc) is 0.825. The van der Waals surface area contributed by atoms with Gasteiger partial charge in [0.1, 0.15) is 90.6 Å². The van der Waals surface area contributed by atoms with Gasteiger partial charge in [-0.1, -0.05) is 181 Å². The number of nitrogens with one attached hydrogen (secondary N) is 14. The largest absolute Gasteiger partial charge is 0.481 e. The fourth-order valence-corrected chi connectivity index (χ4v) is 17.6. The van der Waals surface area contributed by atoms with Gasteiger partial charge in [-0.25, -0.2) is 14.4 Å². The molecule has 796 valence electrons. The lowest BCUT2D eigenvalue weighted by Crippen LogP contribution is -2.62. The van der Waals surface area contributed by atoms with Gasteiger partial charge in [-0.15, -0.1) is 11.8 Å². The number of aliphatic carboxylic acids is 2. The number of hydrogen-bond acceptors (Lipinski definition) is 24. The van der Waals surface area contributed by atoms with Crippen molar-refractivity contribution >= 4 is 136 Å². The lowest BCUT2D eigenvalue weighted by molar-refractivity contribution is -0.142. The summed E-state index contributed by atoms with van der Waals surface area (Å²) in [7, 11) is 1.21. The van der Waals surface area contributed by atoms with E-state index >= 15 is 33.6 Å². The molecule has 0 bridgehead atoms. The van der Waals surface area contributed by atoms with Gasteiger partial charge in [0.25, 0.3) is 0 Å². The van der Waals surface area contributed by atoms with Crippen molar-refractivity contribution in [2.24, 2.45) is 35.0 Å². The standard InChI is InChI=1S/C103H132N18O26S/c1-54(2)42-72-90(131)109-71(39-41-105)89(130)112-76(44-59-17-11-9-12-18-59)97(138)120-85(55(3)4)99(140)117-79(51-84(125)126)96(137)119-81(98(139)108-70(38-40-104)86(106)127)52-148-53-82(122)107-57(6)87(128)110-73(45-61-24-32-67(33-25-61)101(142)143)91(132)116-78(50-83(123)124)95(136)115-77(49-64-19-15-16-56(5)43-64)93(134)113-74(47-62-26-34-68(35-27-62)102(144)145)92(133)114-75(46-60-22-30-66(31-23-60)65-20-13-10-14-21-65)94(135)118-80(100(141)121(8)58(7)88(129)111-72)48-63-28-36-69(37-29-63)103(146)147/h10,13-16,19-37,43,54-55,57-59,70-81,85H,9,11-12,17-18,38-42,44-53,104-105H2,1-8H3,(H2,106,127)(H,107,122)(H,108,139)(H,109,131)(H,110,128)(H,111,129)(H,112,130)(H,113,134)(H,114,133)(H,115,136)(H,116,132)(H,117,140)(H,118,135)(H,119,137)(H,120,138)(H,123,124)(H,125,126)(H,142,143)(H,144,145)(H,146,147)/t57?,58?,70?,71?,72-,73+,74+,75+,76+,77+,78+,79+,80+,81?,85?/m1/s1. The van der Waals surface area contributed by atoms with Crippen molar-refractivity contribution in [2.75, 3.05) is 31.6 Å². The minimum absolute atomic E-state index is 0.0266. The molecule has 15 atom stereocenters. The minimum Gasteiger partial charge on any atom is -0.481 e. The van der Waals surface area contributed by atoms with Crippen molar-refractivity contribution in [3.8, 4) is 11.1 Å². The maximum absolute atomic E-state index is 15.8. The Morgan fingerprint density at radius 2 is 0.818 bits per heavy atom. The number of hydrogen-bond donors (Lipinski definition) is 22. The lowest BCUT2D eigenvalue weighted by atomic mass is 9.84. The maximum atomic E-state index is 15.8. The summed E-state index contributed by atoms with van der Waals surface area (Å²) >= 11 is 0.617. The summed E-state index contributed by atoms with van der Waals surface area (Å²) < 4.78 is 0. The number of carboxylic acid groups (broad SMARTS) is 5. The Balaban J connectivity index is 1.25. The second kappa shape index (κ2) is 57.4. The summed E-state index contributed by atoms with van der Waals surface area (Å²) in [5.41, 5.74) is 20.3. The van der Waals surface area contributed by atoms with E-state index in [0.717, 1.165) is 48.8 Å². The molecule has 8 rings (SSSR count). The van der Waals surface area contributed by atoms with Crippen LogP contribution >= 0.6 is 11.8 Å². The first kappa shape index (κ1) is 118. The third-order valence-electron chi connectivity index (χ3n) is 25.1. The van der Waals surface area contributed by atoms with Gasteiger partial charge in [0.05, 0.1) is 35.3 Å². The van der Waals surface area contributed by atoms with E-state index in [-0.39, 0.29) is 84.0 Å². The van der Waals surface area contributed by atoms with Crippen LogP contribution in [0.4, 0.5) is 0 Å². The van der Waals surface area contributed by atoms with E-state index in [1.54, 1.807) is 69.3 Å². The molecule has 6 aromatic rings. The van der Waals surface area contributed by atoms with Crippen LogP contribution in [0.25, 0.3) is 11.1 Å². The Bertz CT molecular complexity index is 5740. The number of carbonyl (C=O) groups is 21. The first-order valence-corrected chi connectivity index (χ1v) is 49.7. The number of amides is 16. The zero-order valence-electron chi connectivity index (χ0n) is 83.4. The van der Waals surface area contributed by atoms with E-state index in [9.17, 15) is 92.7 Å². The van der Waals surface area contributed by atoms with Gasteiger partial charge >= 0.3 is 29.8 Å². The molecule has 16 amide bonds. The van der Waals surface area contributed by atoms with Gasteiger partial charge in [0, 0.05) is 44.9 Å². The van der Waals surface area contributed by atoms with Gasteiger partial charge in [-0.3, -0.25) is 86.3 Å². The van der Waals surface area contributed by atoms with E-state index in [0.29, 0.717) is 46.9 Å². The molecule has 2 aliphatic rings. The quantitative estimate of drug-likeness (QED) is 0.0291. The Labute approximate surface area is 858 Å². The molecule has 1 saturated carbocycles. The van der Waals surface area contributed by atoms with Crippen molar-refractivity contribution in [1.82, 2.24) is 79.3 Å². The van der Waals surface area contributed by atoms with E-state index in [1.807, 2.05) is 30.3 Å².